The predicted octanol–water partition coefficient (Wildman–Crippen LogP) is 2.19. The summed E-state index contributed by atoms with van der Waals surface area (Å²) in [6, 6.07) is 2.49. The van der Waals surface area contributed by atoms with Crippen LogP contribution in [-0.4, -0.2) is 16.9 Å². The number of rotatable bonds is 6. The number of nitro benzene ring substituents is 1. The molecule has 1 atom stereocenters. The summed E-state index contributed by atoms with van der Waals surface area (Å²) in [6.07, 6.45) is 2.27. The van der Waals surface area contributed by atoms with Gasteiger partial charge in [-0.05, 0) is 18.6 Å². The number of hydrogen-bond donors (Lipinski definition) is 2. The van der Waals surface area contributed by atoms with E-state index in [1.54, 1.807) is 0 Å². The van der Waals surface area contributed by atoms with Gasteiger partial charge in [0.05, 0.1) is 11.0 Å². The van der Waals surface area contributed by atoms with Gasteiger partial charge in [-0.1, -0.05) is 19.8 Å². The van der Waals surface area contributed by atoms with E-state index >= 15 is 0 Å². The van der Waals surface area contributed by atoms with Crippen LogP contribution in [0, 0.1) is 15.9 Å². The molecule has 0 aliphatic heterocycles. The van der Waals surface area contributed by atoms with Gasteiger partial charge in [-0.3, -0.25) is 14.9 Å². The Hall–Kier alpha value is -2.02. The lowest BCUT2D eigenvalue weighted by atomic mass is 10.1. The maximum atomic E-state index is 13.1. The normalized spacial score (nSPS) is 11.9. The van der Waals surface area contributed by atoms with Crippen LogP contribution in [0.3, 0.4) is 0 Å². The molecule has 0 saturated heterocycles. The summed E-state index contributed by atoms with van der Waals surface area (Å²) < 4.78 is 13.1. The van der Waals surface area contributed by atoms with Crippen molar-refractivity contribution in [1.82, 2.24) is 0 Å². The maximum Gasteiger partial charge on any atom is 0.306 e. The largest absolute Gasteiger partial charge is 0.324 e. The van der Waals surface area contributed by atoms with Gasteiger partial charge in [-0.25, -0.2) is 0 Å². The number of nitrogens with zero attached hydrogens (tertiary/aromatic N) is 1. The summed E-state index contributed by atoms with van der Waals surface area (Å²) >= 11 is 0. The quantitative estimate of drug-likeness (QED) is 0.610. The summed E-state index contributed by atoms with van der Waals surface area (Å²) in [7, 11) is 0. The number of nitro groups is 1. The summed E-state index contributed by atoms with van der Waals surface area (Å²) in [5.41, 5.74) is 5.14. The highest BCUT2D eigenvalue weighted by Gasteiger charge is 2.17. The topological polar surface area (TPSA) is 98.3 Å². The molecule has 0 aliphatic rings. The van der Waals surface area contributed by atoms with Gasteiger partial charge in [0.2, 0.25) is 11.7 Å². The molecule has 3 N–H and O–H groups in total. The highest BCUT2D eigenvalue weighted by molar-refractivity contribution is 5.94. The smallest absolute Gasteiger partial charge is 0.306 e. The Morgan fingerprint density at radius 1 is 1.58 bits per heavy atom. The van der Waals surface area contributed by atoms with Crippen molar-refractivity contribution < 1.29 is 14.1 Å². The number of hydrogen-bond acceptors (Lipinski definition) is 4. The minimum Gasteiger partial charge on any atom is -0.324 e. The SMILES string of the molecule is CCCCC(N)C(=O)Nc1ccc(F)c([N+](=O)[O-])c1. The third-order valence-electron chi connectivity index (χ3n) is 2.62. The van der Waals surface area contributed by atoms with Gasteiger partial charge in [0.1, 0.15) is 0 Å². The van der Waals surface area contributed by atoms with Crippen LogP contribution in [0.2, 0.25) is 0 Å². The van der Waals surface area contributed by atoms with Gasteiger partial charge in [0.15, 0.2) is 0 Å². The summed E-state index contributed by atoms with van der Waals surface area (Å²) in [6.45, 7) is 1.98. The lowest BCUT2D eigenvalue weighted by molar-refractivity contribution is -0.387. The van der Waals surface area contributed by atoms with E-state index < -0.39 is 28.4 Å². The van der Waals surface area contributed by atoms with Crippen molar-refractivity contribution >= 4 is 17.3 Å². The Bertz CT molecular complexity index is 479. The lowest BCUT2D eigenvalue weighted by Crippen LogP contribution is -2.35. The minimum absolute atomic E-state index is 0.157. The van der Waals surface area contributed by atoms with Gasteiger partial charge in [0, 0.05) is 11.8 Å². The van der Waals surface area contributed by atoms with Crippen LogP contribution < -0.4 is 11.1 Å². The van der Waals surface area contributed by atoms with E-state index in [1.807, 2.05) is 6.92 Å². The third-order valence-corrected chi connectivity index (χ3v) is 2.62. The van der Waals surface area contributed by atoms with Crippen LogP contribution in [-0.2, 0) is 4.79 Å². The van der Waals surface area contributed by atoms with E-state index in [0.29, 0.717) is 6.42 Å². The Labute approximate surface area is 109 Å². The molecule has 1 amide bonds. The molecule has 0 heterocycles. The monoisotopic (exact) mass is 269 g/mol. The Balaban J connectivity index is 2.74. The number of carbonyl (C=O) groups is 1. The number of amides is 1. The van der Waals surface area contributed by atoms with Crippen LogP contribution in [0.5, 0.6) is 0 Å². The van der Waals surface area contributed by atoms with Gasteiger partial charge >= 0.3 is 5.69 Å². The van der Waals surface area contributed by atoms with Crippen LogP contribution in [0.1, 0.15) is 26.2 Å². The van der Waals surface area contributed by atoms with Crippen molar-refractivity contribution in [3.8, 4) is 0 Å². The molecule has 19 heavy (non-hydrogen) atoms. The lowest BCUT2D eigenvalue weighted by Gasteiger charge is -2.11. The van der Waals surface area contributed by atoms with Crippen molar-refractivity contribution in [3.63, 3.8) is 0 Å². The molecule has 6 nitrogen and oxygen atoms in total. The summed E-state index contributed by atoms with van der Waals surface area (Å²) in [4.78, 5) is 21.4. The first kappa shape index (κ1) is 15.0. The Kier molecular flexibility index (Phi) is 5.37. The average Bonchev–Trinajstić information content (AvgIpc) is 2.37. The Morgan fingerprint density at radius 3 is 2.84 bits per heavy atom. The standard InChI is InChI=1S/C12H16FN3O3/c1-2-3-4-10(14)12(17)15-8-5-6-9(13)11(7-8)16(18)19/h5-7,10H,2-4,14H2,1H3,(H,15,17). The Morgan fingerprint density at radius 2 is 2.26 bits per heavy atom. The first-order valence-corrected chi connectivity index (χ1v) is 5.96. The van der Waals surface area contributed by atoms with E-state index in [-0.39, 0.29) is 5.69 Å². The maximum absolute atomic E-state index is 13.1. The van der Waals surface area contributed by atoms with Crippen molar-refractivity contribution in [2.75, 3.05) is 5.32 Å². The van der Waals surface area contributed by atoms with Crippen LogP contribution >= 0.6 is 0 Å². The summed E-state index contributed by atoms with van der Waals surface area (Å²) in [5, 5.41) is 13.0. The van der Waals surface area contributed by atoms with Crippen molar-refractivity contribution in [2.24, 2.45) is 5.73 Å². The molecule has 0 saturated carbocycles. The molecule has 0 aliphatic carbocycles. The average molecular weight is 269 g/mol. The van der Waals surface area contributed by atoms with E-state index in [9.17, 15) is 19.3 Å². The summed E-state index contributed by atoms with van der Waals surface area (Å²) in [5.74, 6) is -1.38. The number of anilines is 1. The zero-order valence-electron chi connectivity index (χ0n) is 10.6. The molecular weight excluding hydrogens is 253 g/mol. The van der Waals surface area contributed by atoms with E-state index in [2.05, 4.69) is 5.32 Å². The number of nitrogens with one attached hydrogen (secondary N) is 1. The van der Waals surface area contributed by atoms with Crippen LogP contribution in [0.25, 0.3) is 0 Å². The van der Waals surface area contributed by atoms with Gasteiger partial charge in [-0.15, -0.1) is 0 Å². The number of nitrogens with two attached hydrogens (primary N) is 1. The molecular formula is C12H16FN3O3. The first-order valence-electron chi connectivity index (χ1n) is 5.96. The molecule has 104 valence electrons. The number of carbonyl (C=O) groups excluding carboxylic acids is 1. The molecule has 0 radical (unpaired) electrons. The number of halogens is 1. The fourth-order valence-electron chi connectivity index (χ4n) is 1.52. The molecule has 1 unspecified atom stereocenters. The zero-order chi connectivity index (χ0) is 14.4. The zero-order valence-corrected chi connectivity index (χ0v) is 10.6. The van der Waals surface area contributed by atoms with Gasteiger partial charge in [0.25, 0.3) is 0 Å². The second-order valence-corrected chi connectivity index (χ2v) is 4.16. The molecule has 0 aromatic heterocycles. The predicted molar refractivity (Wildman–Crippen MR) is 69.2 cm³/mol. The number of benzene rings is 1. The van der Waals surface area contributed by atoms with Crippen molar-refractivity contribution in [1.29, 1.82) is 0 Å². The first-order chi connectivity index (χ1) is 8.95. The second kappa shape index (κ2) is 6.79. The molecule has 0 fully saturated rings. The molecule has 0 bridgehead atoms. The second-order valence-electron chi connectivity index (χ2n) is 4.16. The van der Waals surface area contributed by atoms with Gasteiger partial charge in [-0.2, -0.15) is 4.39 Å². The van der Waals surface area contributed by atoms with E-state index in [0.717, 1.165) is 25.0 Å². The number of unbranched alkanes of at least 4 members (excludes halogenated alkanes) is 1. The van der Waals surface area contributed by atoms with E-state index in [1.165, 1.54) is 6.07 Å². The van der Waals surface area contributed by atoms with Crippen LogP contribution in [0.15, 0.2) is 18.2 Å². The molecule has 7 heteroatoms. The molecule has 1 rings (SSSR count). The van der Waals surface area contributed by atoms with Crippen LogP contribution in [0.4, 0.5) is 15.8 Å². The fourth-order valence-corrected chi connectivity index (χ4v) is 1.52. The highest BCUT2D eigenvalue weighted by atomic mass is 19.1. The molecule has 0 spiro atoms. The van der Waals surface area contributed by atoms with Gasteiger partial charge < -0.3 is 11.1 Å². The fraction of sp³-hybridized carbons (Fsp3) is 0.417. The van der Waals surface area contributed by atoms with E-state index in [4.69, 9.17) is 5.73 Å². The highest BCUT2D eigenvalue weighted by Crippen LogP contribution is 2.21. The third kappa shape index (κ3) is 4.29. The van der Waals surface area contributed by atoms with Crippen molar-refractivity contribution in [2.45, 2.75) is 32.2 Å². The molecule has 1 aromatic carbocycles. The minimum atomic E-state index is -0.946. The molecule has 1 aromatic rings. The van der Waals surface area contributed by atoms with Crippen molar-refractivity contribution in [3.05, 3.63) is 34.1 Å².